The molecular weight excluding hydrogens is 388 g/mol. The van der Waals surface area contributed by atoms with Gasteiger partial charge in [0.15, 0.2) is 0 Å². The standard InChI is InChI=1S/C26H32N2O3/c1-20-6-3-4-7-21(20)16-27-15-5-8-23(27)17-28(22-9-10-22)18-24(29)19-31-26-13-11-25(30-2)12-14-26/h3-8,11-15,22,24,29H,9-10,16-19H2,1-2H3. The molecule has 1 atom stereocenters. The molecule has 5 heteroatoms. The molecule has 1 aliphatic rings. The SMILES string of the molecule is COc1ccc(OCC(O)CN(Cc2cccn2Cc2ccccc2C)C2CC2)cc1. The minimum atomic E-state index is -0.539. The van der Waals surface area contributed by atoms with Crippen LogP contribution in [0.2, 0.25) is 0 Å². The molecule has 1 aliphatic carbocycles. The molecule has 164 valence electrons. The van der Waals surface area contributed by atoms with Crippen LogP contribution in [0.25, 0.3) is 0 Å². The fourth-order valence-corrected chi connectivity index (χ4v) is 3.90. The van der Waals surface area contributed by atoms with E-state index in [-0.39, 0.29) is 6.61 Å². The second-order valence-electron chi connectivity index (χ2n) is 8.35. The highest BCUT2D eigenvalue weighted by Gasteiger charge is 2.31. The fraction of sp³-hybridized carbons (Fsp3) is 0.385. The molecule has 1 saturated carbocycles. The van der Waals surface area contributed by atoms with Crippen LogP contribution in [0, 0.1) is 6.92 Å². The molecule has 31 heavy (non-hydrogen) atoms. The molecule has 0 aliphatic heterocycles. The Kier molecular flexibility index (Phi) is 6.95. The minimum Gasteiger partial charge on any atom is -0.497 e. The van der Waals surface area contributed by atoms with Gasteiger partial charge in [-0.2, -0.15) is 0 Å². The van der Waals surface area contributed by atoms with Crippen molar-refractivity contribution in [3.05, 3.63) is 83.7 Å². The summed E-state index contributed by atoms with van der Waals surface area (Å²) >= 11 is 0. The van der Waals surface area contributed by atoms with E-state index in [9.17, 15) is 5.11 Å². The van der Waals surface area contributed by atoms with E-state index in [4.69, 9.17) is 9.47 Å². The Morgan fingerprint density at radius 2 is 1.77 bits per heavy atom. The highest BCUT2D eigenvalue weighted by molar-refractivity contribution is 5.31. The largest absolute Gasteiger partial charge is 0.497 e. The lowest BCUT2D eigenvalue weighted by Crippen LogP contribution is -2.37. The van der Waals surface area contributed by atoms with E-state index in [0.29, 0.717) is 12.6 Å². The number of nitrogens with zero attached hydrogens (tertiary/aromatic N) is 2. The molecule has 0 radical (unpaired) electrons. The third-order valence-corrected chi connectivity index (χ3v) is 5.90. The molecule has 3 aromatic rings. The van der Waals surface area contributed by atoms with E-state index in [0.717, 1.165) is 24.6 Å². The third-order valence-electron chi connectivity index (χ3n) is 5.90. The second-order valence-corrected chi connectivity index (χ2v) is 8.35. The molecule has 1 fully saturated rings. The number of methoxy groups -OCH3 is 1. The molecule has 5 nitrogen and oxygen atoms in total. The van der Waals surface area contributed by atoms with E-state index in [2.05, 4.69) is 59.0 Å². The molecule has 1 aromatic heterocycles. The molecule has 2 aromatic carbocycles. The average molecular weight is 421 g/mol. The summed E-state index contributed by atoms with van der Waals surface area (Å²) in [6, 6.07) is 20.8. The summed E-state index contributed by atoms with van der Waals surface area (Å²) in [4.78, 5) is 2.39. The van der Waals surface area contributed by atoms with Crippen LogP contribution in [0.5, 0.6) is 11.5 Å². The molecule has 0 bridgehead atoms. The van der Waals surface area contributed by atoms with Crippen LogP contribution in [0.1, 0.15) is 29.7 Å². The number of aliphatic hydroxyl groups excluding tert-OH is 1. The summed E-state index contributed by atoms with van der Waals surface area (Å²) in [6.07, 6.45) is 4.01. The molecule has 0 amide bonds. The summed E-state index contributed by atoms with van der Waals surface area (Å²) in [6.45, 7) is 4.75. The van der Waals surface area contributed by atoms with Gasteiger partial charge in [-0.25, -0.2) is 0 Å². The molecule has 0 saturated heterocycles. The summed E-state index contributed by atoms with van der Waals surface area (Å²) in [5, 5.41) is 10.6. The quantitative estimate of drug-likeness (QED) is 0.504. The normalized spacial score (nSPS) is 14.6. The Morgan fingerprint density at radius 1 is 1.03 bits per heavy atom. The number of aliphatic hydroxyl groups is 1. The zero-order valence-electron chi connectivity index (χ0n) is 18.4. The van der Waals surface area contributed by atoms with Crippen LogP contribution >= 0.6 is 0 Å². The Morgan fingerprint density at radius 3 is 2.48 bits per heavy atom. The molecule has 1 heterocycles. The van der Waals surface area contributed by atoms with Crippen LogP contribution in [-0.4, -0.2) is 47.0 Å². The van der Waals surface area contributed by atoms with E-state index in [1.165, 1.54) is 29.7 Å². The highest BCUT2D eigenvalue weighted by atomic mass is 16.5. The van der Waals surface area contributed by atoms with Crippen molar-refractivity contribution in [1.82, 2.24) is 9.47 Å². The lowest BCUT2D eigenvalue weighted by molar-refractivity contribution is 0.0618. The summed E-state index contributed by atoms with van der Waals surface area (Å²) < 4.78 is 13.3. The molecular formula is C26H32N2O3. The number of aryl methyl sites for hydroxylation is 1. The maximum absolute atomic E-state index is 10.6. The third kappa shape index (κ3) is 5.90. The maximum Gasteiger partial charge on any atom is 0.119 e. The molecule has 4 rings (SSSR count). The Bertz CT molecular complexity index is 963. The van der Waals surface area contributed by atoms with Gasteiger partial charge >= 0.3 is 0 Å². The van der Waals surface area contributed by atoms with Gasteiger partial charge in [-0.15, -0.1) is 0 Å². The van der Waals surface area contributed by atoms with E-state index in [1.807, 2.05) is 24.3 Å². The number of hydrogen-bond donors (Lipinski definition) is 1. The van der Waals surface area contributed by atoms with Crippen molar-refractivity contribution >= 4 is 0 Å². The zero-order valence-corrected chi connectivity index (χ0v) is 18.4. The molecule has 1 N–H and O–H groups in total. The topological polar surface area (TPSA) is 46.9 Å². The first-order chi connectivity index (χ1) is 15.1. The Labute approximate surface area is 184 Å². The average Bonchev–Trinajstić information content (AvgIpc) is 3.55. The first-order valence-electron chi connectivity index (χ1n) is 11.0. The van der Waals surface area contributed by atoms with Crippen molar-refractivity contribution in [3.8, 4) is 11.5 Å². The lowest BCUT2D eigenvalue weighted by Gasteiger charge is -2.26. The van der Waals surface area contributed by atoms with Gasteiger partial charge in [-0.3, -0.25) is 4.90 Å². The van der Waals surface area contributed by atoms with Crippen molar-refractivity contribution in [1.29, 1.82) is 0 Å². The van der Waals surface area contributed by atoms with Crippen molar-refractivity contribution in [3.63, 3.8) is 0 Å². The van der Waals surface area contributed by atoms with Crippen LogP contribution < -0.4 is 9.47 Å². The van der Waals surface area contributed by atoms with Crippen LogP contribution in [0.15, 0.2) is 66.9 Å². The van der Waals surface area contributed by atoms with Crippen molar-refractivity contribution in [2.24, 2.45) is 0 Å². The highest BCUT2D eigenvalue weighted by Crippen LogP contribution is 2.29. The van der Waals surface area contributed by atoms with E-state index >= 15 is 0 Å². The van der Waals surface area contributed by atoms with Gasteiger partial charge in [-0.1, -0.05) is 24.3 Å². The summed E-state index contributed by atoms with van der Waals surface area (Å²) in [5.74, 6) is 1.53. The monoisotopic (exact) mass is 420 g/mol. The van der Waals surface area contributed by atoms with Gasteiger partial charge in [0.1, 0.15) is 24.2 Å². The number of hydrogen-bond acceptors (Lipinski definition) is 4. The summed E-state index contributed by atoms with van der Waals surface area (Å²) in [7, 11) is 1.64. The first kappa shape index (κ1) is 21.5. The Hall–Kier alpha value is -2.76. The van der Waals surface area contributed by atoms with Crippen LogP contribution in [0.4, 0.5) is 0 Å². The molecule has 0 spiro atoms. The zero-order chi connectivity index (χ0) is 21.6. The minimum absolute atomic E-state index is 0.278. The first-order valence-corrected chi connectivity index (χ1v) is 11.0. The number of rotatable bonds is 11. The van der Waals surface area contributed by atoms with Gasteiger partial charge in [0.2, 0.25) is 0 Å². The van der Waals surface area contributed by atoms with E-state index in [1.54, 1.807) is 7.11 Å². The van der Waals surface area contributed by atoms with Crippen molar-refractivity contribution in [2.45, 2.75) is 45.0 Å². The van der Waals surface area contributed by atoms with Gasteiger partial charge < -0.3 is 19.1 Å². The van der Waals surface area contributed by atoms with Crippen molar-refractivity contribution in [2.75, 3.05) is 20.3 Å². The van der Waals surface area contributed by atoms with E-state index < -0.39 is 6.10 Å². The van der Waals surface area contributed by atoms with Gasteiger partial charge in [-0.05, 0) is 67.3 Å². The number of benzene rings is 2. The van der Waals surface area contributed by atoms with Gasteiger partial charge in [0.05, 0.1) is 7.11 Å². The molecule has 1 unspecified atom stereocenters. The van der Waals surface area contributed by atoms with Gasteiger partial charge in [0.25, 0.3) is 0 Å². The van der Waals surface area contributed by atoms with Crippen LogP contribution in [0.3, 0.4) is 0 Å². The summed E-state index contributed by atoms with van der Waals surface area (Å²) in [5.41, 5.74) is 3.93. The fourth-order valence-electron chi connectivity index (χ4n) is 3.90. The van der Waals surface area contributed by atoms with Crippen molar-refractivity contribution < 1.29 is 14.6 Å². The predicted octanol–water partition coefficient (Wildman–Crippen LogP) is 4.26. The second kappa shape index (κ2) is 10.0. The number of aromatic nitrogens is 1. The maximum atomic E-state index is 10.6. The Balaban J connectivity index is 1.34. The van der Waals surface area contributed by atoms with Crippen LogP contribution in [-0.2, 0) is 13.1 Å². The smallest absolute Gasteiger partial charge is 0.119 e. The van der Waals surface area contributed by atoms with Gasteiger partial charge in [0, 0.05) is 37.6 Å². The number of ether oxygens (including phenoxy) is 2. The lowest BCUT2D eigenvalue weighted by atomic mass is 10.1. The predicted molar refractivity (Wildman–Crippen MR) is 123 cm³/mol.